The monoisotopic (exact) mass is 285 g/mol. The van der Waals surface area contributed by atoms with Crippen molar-refractivity contribution in [2.45, 2.75) is 26.4 Å². The molecule has 0 radical (unpaired) electrons. The molecule has 6 nitrogen and oxygen atoms in total. The Labute approximate surface area is 116 Å². The van der Waals surface area contributed by atoms with Gasteiger partial charge in [0.15, 0.2) is 0 Å². The van der Waals surface area contributed by atoms with E-state index in [-0.39, 0.29) is 0 Å². The van der Waals surface area contributed by atoms with Gasteiger partial charge in [0.25, 0.3) is 0 Å². The van der Waals surface area contributed by atoms with E-state index in [4.69, 9.17) is 16.3 Å². The van der Waals surface area contributed by atoms with Crippen LogP contribution in [0.5, 0.6) is 0 Å². The van der Waals surface area contributed by atoms with Crippen LogP contribution >= 0.6 is 11.6 Å². The van der Waals surface area contributed by atoms with Crippen molar-refractivity contribution in [3.05, 3.63) is 29.3 Å². The number of hydrogen-bond donors (Lipinski definition) is 3. The first-order chi connectivity index (χ1) is 8.76. The molecular weight excluding hydrogens is 270 g/mol. The lowest BCUT2D eigenvalue weighted by molar-refractivity contribution is 0.0506. The maximum atomic E-state index is 11.5. The largest absolute Gasteiger partial charge is 0.443 e. The topological polar surface area (TPSA) is 79.5 Å². The summed E-state index contributed by atoms with van der Waals surface area (Å²) in [5, 5.41) is 2.99. The van der Waals surface area contributed by atoms with Crippen LogP contribution in [0.15, 0.2) is 24.3 Å². The summed E-state index contributed by atoms with van der Waals surface area (Å²) in [6, 6.07) is 6.02. The number of hydrogen-bond acceptors (Lipinski definition) is 3. The van der Waals surface area contributed by atoms with E-state index in [0.29, 0.717) is 10.7 Å². The van der Waals surface area contributed by atoms with Gasteiger partial charge in [-0.3, -0.25) is 0 Å². The Morgan fingerprint density at radius 2 is 1.89 bits per heavy atom. The summed E-state index contributed by atoms with van der Waals surface area (Å²) in [6.45, 7) is 5.16. The smallest absolute Gasteiger partial charge is 0.426 e. The van der Waals surface area contributed by atoms with Gasteiger partial charge in [0.2, 0.25) is 0 Å². The molecule has 0 atom stereocenters. The van der Waals surface area contributed by atoms with Crippen molar-refractivity contribution < 1.29 is 14.3 Å². The lowest BCUT2D eigenvalue weighted by Crippen LogP contribution is -2.46. The molecule has 0 aromatic heterocycles. The third-order valence-corrected chi connectivity index (χ3v) is 1.99. The highest BCUT2D eigenvalue weighted by Gasteiger charge is 2.16. The Balaban J connectivity index is 2.38. The summed E-state index contributed by atoms with van der Waals surface area (Å²) >= 11 is 5.77. The second-order valence-electron chi connectivity index (χ2n) is 4.72. The normalized spacial score (nSPS) is 10.5. The fraction of sp³-hybridized carbons (Fsp3) is 0.333. The van der Waals surface area contributed by atoms with Crippen molar-refractivity contribution in [1.82, 2.24) is 10.9 Å². The van der Waals surface area contributed by atoms with Gasteiger partial charge in [-0.05, 0) is 39.0 Å². The molecule has 0 unspecified atom stereocenters. The first-order valence-corrected chi connectivity index (χ1v) is 5.95. The lowest BCUT2D eigenvalue weighted by atomic mass is 10.2. The molecule has 104 valence electrons. The number of hydrazine groups is 1. The summed E-state index contributed by atoms with van der Waals surface area (Å²) in [7, 11) is 0. The van der Waals surface area contributed by atoms with Crippen LogP contribution < -0.4 is 16.2 Å². The Morgan fingerprint density at radius 1 is 1.21 bits per heavy atom. The van der Waals surface area contributed by atoms with Crippen LogP contribution in [0.1, 0.15) is 20.8 Å². The standard InChI is InChI=1S/C12H16ClN3O3/c1-12(2,3)19-11(18)16-15-10(17)14-9-6-4-5-8(13)7-9/h4-7H,1-3H3,(H,16,18)(H2,14,15,17). The molecule has 7 heteroatoms. The number of anilines is 1. The summed E-state index contributed by atoms with van der Waals surface area (Å²) < 4.78 is 4.94. The Kier molecular flexibility index (Phi) is 5.00. The Bertz CT molecular complexity index is 472. The molecule has 0 saturated heterocycles. The van der Waals surface area contributed by atoms with E-state index >= 15 is 0 Å². The third kappa shape index (κ3) is 6.52. The second kappa shape index (κ2) is 6.29. The van der Waals surface area contributed by atoms with E-state index in [1.807, 2.05) is 0 Å². The van der Waals surface area contributed by atoms with E-state index in [1.54, 1.807) is 45.0 Å². The molecule has 0 aliphatic rings. The predicted molar refractivity (Wildman–Crippen MR) is 73.0 cm³/mol. The van der Waals surface area contributed by atoms with Gasteiger partial charge in [-0.25, -0.2) is 20.4 Å². The van der Waals surface area contributed by atoms with Crippen molar-refractivity contribution in [2.75, 3.05) is 5.32 Å². The minimum absolute atomic E-state index is 0.498. The SMILES string of the molecule is CC(C)(C)OC(=O)NNC(=O)Nc1cccc(Cl)c1. The van der Waals surface area contributed by atoms with Crippen LogP contribution in [0.25, 0.3) is 0 Å². The van der Waals surface area contributed by atoms with Crippen molar-refractivity contribution >= 4 is 29.4 Å². The van der Waals surface area contributed by atoms with Crippen LogP contribution in [0.2, 0.25) is 5.02 Å². The van der Waals surface area contributed by atoms with E-state index in [0.717, 1.165) is 0 Å². The number of carbonyl (C=O) groups excluding carboxylic acids is 2. The molecule has 1 aromatic carbocycles. The number of benzene rings is 1. The highest BCUT2D eigenvalue weighted by molar-refractivity contribution is 6.30. The van der Waals surface area contributed by atoms with Crippen molar-refractivity contribution in [1.29, 1.82) is 0 Å². The lowest BCUT2D eigenvalue weighted by Gasteiger charge is -2.19. The first-order valence-electron chi connectivity index (χ1n) is 5.58. The average molecular weight is 286 g/mol. The van der Waals surface area contributed by atoms with E-state index < -0.39 is 17.7 Å². The molecule has 0 aliphatic carbocycles. The third-order valence-electron chi connectivity index (χ3n) is 1.76. The van der Waals surface area contributed by atoms with Crippen molar-refractivity contribution in [3.63, 3.8) is 0 Å². The van der Waals surface area contributed by atoms with Gasteiger partial charge in [0.05, 0.1) is 0 Å². The number of halogens is 1. The maximum Gasteiger partial charge on any atom is 0.426 e. The zero-order valence-corrected chi connectivity index (χ0v) is 11.7. The zero-order chi connectivity index (χ0) is 14.5. The molecule has 0 saturated carbocycles. The van der Waals surface area contributed by atoms with E-state index in [2.05, 4.69) is 16.2 Å². The zero-order valence-electron chi connectivity index (χ0n) is 10.9. The Morgan fingerprint density at radius 3 is 2.47 bits per heavy atom. The Hall–Kier alpha value is -1.95. The average Bonchev–Trinajstić information content (AvgIpc) is 2.24. The van der Waals surface area contributed by atoms with Gasteiger partial charge in [-0.2, -0.15) is 0 Å². The second-order valence-corrected chi connectivity index (χ2v) is 5.15. The molecule has 3 N–H and O–H groups in total. The summed E-state index contributed by atoms with van der Waals surface area (Å²) in [5.74, 6) is 0. The molecule has 0 fully saturated rings. The number of ether oxygens (including phenoxy) is 1. The van der Waals surface area contributed by atoms with Crippen LogP contribution in [-0.2, 0) is 4.74 Å². The molecule has 0 aliphatic heterocycles. The highest BCUT2D eigenvalue weighted by atomic mass is 35.5. The number of nitrogens with one attached hydrogen (secondary N) is 3. The molecule has 1 rings (SSSR count). The summed E-state index contributed by atoms with van der Waals surface area (Å²) in [5.41, 5.74) is 4.15. The van der Waals surface area contributed by atoms with Crippen LogP contribution in [0.4, 0.5) is 15.3 Å². The first kappa shape index (κ1) is 15.1. The maximum absolute atomic E-state index is 11.5. The van der Waals surface area contributed by atoms with E-state index in [1.165, 1.54) is 0 Å². The van der Waals surface area contributed by atoms with Crippen molar-refractivity contribution in [3.8, 4) is 0 Å². The molecule has 1 aromatic rings. The van der Waals surface area contributed by atoms with Gasteiger partial charge in [-0.15, -0.1) is 0 Å². The van der Waals surface area contributed by atoms with Gasteiger partial charge in [0, 0.05) is 10.7 Å². The summed E-state index contributed by atoms with van der Waals surface area (Å²) in [4.78, 5) is 22.7. The minimum Gasteiger partial charge on any atom is -0.443 e. The minimum atomic E-state index is -0.742. The fourth-order valence-electron chi connectivity index (χ4n) is 1.14. The van der Waals surface area contributed by atoms with Gasteiger partial charge < -0.3 is 10.1 Å². The van der Waals surface area contributed by atoms with Crippen LogP contribution in [-0.4, -0.2) is 17.7 Å². The number of urea groups is 1. The van der Waals surface area contributed by atoms with Crippen LogP contribution in [0, 0.1) is 0 Å². The molecule has 0 heterocycles. The molecule has 3 amide bonds. The highest BCUT2D eigenvalue weighted by Crippen LogP contribution is 2.14. The van der Waals surface area contributed by atoms with Gasteiger partial charge in [0.1, 0.15) is 5.60 Å². The molecule has 0 spiro atoms. The van der Waals surface area contributed by atoms with E-state index in [9.17, 15) is 9.59 Å². The predicted octanol–water partition coefficient (Wildman–Crippen LogP) is 2.90. The molecule has 19 heavy (non-hydrogen) atoms. The molecule has 0 bridgehead atoms. The quantitative estimate of drug-likeness (QED) is 0.694. The fourth-order valence-corrected chi connectivity index (χ4v) is 1.33. The van der Waals surface area contributed by atoms with Crippen LogP contribution in [0.3, 0.4) is 0 Å². The van der Waals surface area contributed by atoms with Gasteiger partial charge in [-0.1, -0.05) is 17.7 Å². The van der Waals surface area contributed by atoms with Crippen molar-refractivity contribution in [2.24, 2.45) is 0 Å². The molecular formula is C12H16ClN3O3. The van der Waals surface area contributed by atoms with Gasteiger partial charge >= 0.3 is 12.1 Å². The number of amides is 3. The number of carbonyl (C=O) groups is 2. The summed E-state index contributed by atoms with van der Waals surface area (Å²) in [6.07, 6.45) is -0.742. The number of rotatable bonds is 1.